The molecular weight excluding hydrogens is 404 g/mol. The van der Waals surface area contributed by atoms with E-state index in [1.807, 2.05) is 36.4 Å². The van der Waals surface area contributed by atoms with Gasteiger partial charge in [0.05, 0.1) is 11.7 Å². The van der Waals surface area contributed by atoms with Gasteiger partial charge >= 0.3 is 0 Å². The van der Waals surface area contributed by atoms with Gasteiger partial charge in [0.15, 0.2) is 0 Å². The van der Waals surface area contributed by atoms with Crippen molar-refractivity contribution < 1.29 is 8.78 Å². The van der Waals surface area contributed by atoms with Gasteiger partial charge in [0.25, 0.3) is 0 Å². The highest BCUT2D eigenvalue weighted by Gasteiger charge is 2.37. The SMILES string of the molecule is CN1CCCCC1(Cc1ccc(F)cc1)Cc1cc(-c2ccc3[nH]ncc3c2)ccc1F. The molecule has 0 aliphatic carbocycles. The zero-order valence-electron chi connectivity index (χ0n) is 18.2. The third-order valence-corrected chi connectivity index (χ3v) is 6.98. The molecule has 1 fully saturated rings. The lowest BCUT2D eigenvalue weighted by molar-refractivity contribution is 0.0719. The molecule has 1 saturated heterocycles. The van der Waals surface area contributed by atoms with Crippen molar-refractivity contribution >= 4 is 10.9 Å². The van der Waals surface area contributed by atoms with Gasteiger partial charge in [-0.05, 0) is 97.9 Å². The molecule has 1 atom stereocenters. The first kappa shape index (κ1) is 20.8. The maximum atomic E-state index is 15.0. The molecule has 1 aromatic heterocycles. The lowest BCUT2D eigenvalue weighted by Gasteiger charge is -2.46. The fourth-order valence-electron chi connectivity index (χ4n) is 5.09. The molecule has 0 radical (unpaired) electrons. The molecular formula is C27H27F2N3. The van der Waals surface area contributed by atoms with Crippen LogP contribution in [0.25, 0.3) is 22.0 Å². The number of aromatic amines is 1. The number of piperidine rings is 1. The van der Waals surface area contributed by atoms with Crippen molar-refractivity contribution in [1.29, 1.82) is 0 Å². The molecule has 0 saturated carbocycles. The molecule has 164 valence electrons. The van der Waals surface area contributed by atoms with E-state index in [1.54, 1.807) is 12.3 Å². The molecule has 1 aliphatic rings. The summed E-state index contributed by atoms with van der Waals surface area (Å²) < 4.78 is 28.5. The van der Waals surface area contributed by atoms with Crippen LogP contribution in [-0.4, -0.2) is 34.2 Å². The lowest BCUT2D eigenvalue weighted by Crippen LogP contribution is -2.53. The van der Waals surface area contributed by atoms with Gasteiger partial charge in [-0.2, -0.15) is 5.10 Å². The van der Waals surface area contributed by atoms with Crippen LogP contribution in [0, 0.1) is 11.6 Å². The second-order valence-electron chi connectivity index (χ2n) is 9.06. The summed E-state index contributed by atoms with van der Waals surface area (Å²) >= 11 is 0. The van der Waals surface area contributed by atoms with E-state index in [9.17, 15) is 4.39 Å². The standard InChI is InChI=1S/C27H27F2N3/c1-32-13-3-2-12-27(32,16-19-4-8-24(28)9-5-19)17-22-14-20(6-10-25(22)29)21-7-11-26-23(15-21)18-30-31-26/h4-11,14-15,18H,2-3,12-13,16-17H2,1H3,(H,30,31). The topological polar surface area (TPSA) is 31.9 Å². The summed E-state index contributed by atoms with van der Waals surface area (Å²) in [6.45, 7) is 0.986. The van der Waals surface area contributed by atoms with Crippen LogP contribution in [0.5, 0.6) is 0 Å². The number of rotatable bonds is 5. The Morgan fingerprint density at radius 2 is 1.72 bits per heavy atom. The third kappa shape index (κ3) is 4.05. The van der Waals surface area contributed by atoms with E-state index in [0.717, 1.165) is 65.4 Å². The van der Waals surface area contributed by atoms with Crippen molar-refractivity contribution in [2.45, 2.75) is 37.6 Å². The van der Waals surface area contributed by atoms with Crippen molar-refractivity contribution in [3.63, 3.8) is 0 Å². The maximum Gasteiger partial charge on any atom is 0.126 e. The Labute approximate surface area is 187 Å². The zero-order valence-corrected chi connectivity index (χ0v) is 18.2. The van der Waals surface area contributed by atoms with E-state index in [2.05, 4.69) is 28.2 Å². The molecule has 0 amide bonds. The highest BCUT2D eigenvalue weighted by Crippen LogP contribution is 2.36. The van der Waals surface area contributed by atoms with E-state index >= 15 is 4.39 Å². The summed E-state index contributed by atoms with van der Waals surface area (Å²) in [7, 11) is 2.14. The summed E-state index contributed by atoms with van der Waals surface area (Å²) in [5, 5.41) is 8.10. The number of aromatic nitrogens is 2. The predicted octanol–water partition coefficient (Wildman–Crippen LogP) is 6.15. The second kappa shape index (κ2) is 8.47. The minimum absolute atomic E-state index is 0.171. The van der Waals surface area contributed by atoms with Crippen LogP contribution < -0.4 is 0 Å². The maximum absolute atomic E-state index is 15.0. The fraction of sp³-hybridized carbons (Fsp3) is 0.296. The predicted molar refractivity (Wildman–Crippen MR) is 125 cm³/mol. The number of likely N-dealkylation sites (tertiary alicyclic amines) is 1. The zero-order chi connectivity index (χ0) is 22.1. The third-order valence-electron chi connectivity index (χ3n) is 6.98. The van der Waals surface area contributed by atoms with E-state index in [4.69, 9.17) is 0 Å². The van der Waals surface area contributed by atoms with Crippen molar-refractivity contribution in [3.8, 4) is 11.1 Å². The number of nitrogens with one attached hydrogen (secondary N) is 1. The fourth-order valence-corrected chi connectivity index (χ4v) is 5.09. The van der Waals surface area contributed by atoms with Gasteiger partial charge in [0, 0.05) is 10.9 Å². The minimum atomic E-state index is -0.229. The van der Waals surface area contributed by atoms with Crippen LogP contribution in [0.3, 0.4) is 0 Å². The molecule has 0 spiro atoms. The van der Waals surface area contributed by atoms with Gasteiger partial charge in [0.1, 0.15) is 11.6 Å². The summed E-state index contributed by atoms with van der Waals surface area (Å²) in [4.78, 5) is 2.38. The average Bonchev–Trinajstić information content (AvgIpc) is 3.27. The Bertz CT molecular complexity index is 1230. The quantitative estimate of drug-likeness (QED) is 0.411. The van der Waals surface area contributed by atoms with Crippen molar-refractivity contribution in [1.82, 2.24) is 15.1 Å². The number of benzene rings is 3. The van der Waals surface area contributed by atoms with Crippen LogP contribution in [-0.2, 0) is 12.8 Å². The normalized spacial score (nSPS) is 19.5. The van der Waals surface area contributed by atoms with Crippen LogP contribution >= 0.6 is 0 Å². The summed E-state index contributed by atoms with van der Waals surface area (Å²) in [6.07, 6.45) is 6.45. The highest BCUT2D eigenvalue weighted by molar-refractivity contribution is 5.84. The largest absolute Gasteiger partial charge is 0.300 e. The Morgan fingerprint density at radius 1 is 0.938 bits per heavy atom. The van der Waals surface area contributed by atoms with Gasteiger partial charge in [-0.15, -0.1) is 0 Å². The Hall–Kier alpha value is -3.05. The van der Waals surface area contributed by atoms with Crippen LogP contribution in [0.4, 0.5) is 8.78 Å². The smallest absolute Gasteiger partial charge is 0.126 e. The van der Waals surface area contributed by atoms with Gasteiger partial charge in [-0.25, -0.2) is 8.78 Å². The van der Waals surface area contributed by atoms with Gasteiger partial charge < -0.3 is 4.90 Å². The van der Waals surface area contributed by atoms with Crippen molar-refractivity contribution in [2.24, 2.45) is 0 Å². The number of fused-ring (bicyclic) bond motifs is 1. The first-order valence-electron chi connectivity index (χ1n) is 11.2. The number of H-pyrrole nitrogens is 1. The summed E-state index contributed by atoms with van der Waals surface area (Å²) in [5.41, 5.74) is 4.65. The van der Waals surface area contributed by atoms with Crippen LogP contribution in [0.2, 0.25) is 0 Å². The van der Waals surface area contributed by atoms with E-state index in [1.165, 1.54) is 12.1 Å². The van der Waals surface area contributed by atoms with Crippen molar-refractivity contribution in [2.75, 3.05) is 13.6 Å². The molecule has 5 heteroatoms. The monoisotopic (exact) mass is 431 g/mol. The molecule has 1 N–H and O–H groups in total. The van der Waals surface area contributed by atoms with Crippen LogP contribution in [0.15, 0.2) is 66.9 Å². The summed E-state index contributed by atoms with van der Waals surface area (Å²) in [6, 6.07) is 18.3. The number of nitrogens with zero attached hydrogens (tertiary/aromatic N) is 2. The van der Waals surface area contributed by atoms with Gasteiger partial charge in [0.2, 0.25) is 0 Å². The Morgan fingerprint density at radius 3 is 2.53 bits per heavy atom. The second-order valence-corrected chi connectivity index (χ2v) is 9.06. The molecule has 1 unspecified atom stereocenters. The van der Waals surface area contributed by atoms with Gasteiger partial charge in [-0.3, -0.25) is 5.10 Å². The highest BCUT2D eigenvalue weighted by atomic mass is 19.1. The first-order valence-corrected chi connectivity index (χ1v) is 11.2. The van der Waals surface area contributed by atoms with E-state index in [0.29, 0.717) is 6.42 Å². The Kier molecular flexibility index (Phi) is 5.51. The lowest BCUT2D eigenvalue weighted by atomic mass is 9.77. The number of halogens is 2. The number of hydrogen-bond acceptors (Lipinski definition) is 2. The number of likely N-dealkylation sites (N-methyl/N-ethyl adjacent to an activating group) is 1. The molecule has 0 bridgehead atoms. The first-order chi connectivity index (χ1) is 15.5. The molecule has 5 rings (SSSR count). The molecule has 4 aromatic rings. The minimum Gasteiger partial charge on any atom is -0.300 e. The molecule has 2 heterocycles. The molecule has 1 aliphatic heterocycles. The Balaban J connectivity index is 1.50. The average molecular weight is 432 g/mol. The van der Waals surface area contributed by atoms with E-state index < -0.39 is 0 Å². The summed E-state index contributed by atoms with van der Waals surface area (Å²) in [5.74, 6) is -0.399. The molecule has 3 aromatic carbocycles. The molecule has 32 heavy (non-hydrogen) atoms. The van der Waals surface area contributed by atoms with Crippen LogP contribution in [0.1, 0.15) is 30.4 Å². The molecule has 3 nitrogen and oxygen atoms in total. The van der Waals surface area contributed by atoms with Crippen molar-refractivity contribution in [3.05, 3.63) is 89.6 Å². The van der Waals surface area contributed by atoms with Gasteiger partial charge in [-0.1, -0.05) is 30.7 Å². The van der Waals surface area contributed by atoms with E-state index in [-0.39, 0.29) is 17.2 Å². The number of hydrogen-bond donors (Lipinski definition) is 1.